The van der Waals surface area contributed by atoms with Crippen LogP contribution in [0.25, 0.3) is 0 Å². The molecule has 0 fully saturated rings. The molecule has 0 spiro atoms. The number of hydrogen-bond donors (Lipinski definition) is 2. The molecule has 3 rings (SSSR count). The van der Waals surface area contributed by atoms with Crippen LogP contribution in [-0.4, -0.2) is 48.1 Å². The zero-order valence-corrected chi connectivity index (χ0v) is 18.8. The number of carbonyl (C=O) groups excluding carboxylic acids is 2. The van der Waals surface area contributed by atoms with Gasteiger partial charge < -0.3 is 20.3 Å². The molecule has 3 unspecified atom stereocenters. The molecule has 0 aliphatic carbocycles. The van der Waals surface area contributed by atoms with E-state index >= 15 is 0 Å². The number of hydrogen-bond acceptors (Lipinski definition) is 6. The third-order valence-corrected chi connectivity index (χ3v) is 5.81. The molecule has 0 radical (unpaired) electrons. The van der Waals surface area contributed by atoms with Gasteiger partial charge in [0.1, 0.15) is 0 Å². The summed E-state index contributed by atoms with van der Waals surface area (Å²) in [4.78, 5) is 35.7. The molecule has 0 saturated carbocycles. The van der Waals surface area contributed by atoms with Crippen molar-refractivity contribution in [3.63, 3.8) is 0 Å². The first kappa shape index (κ1) is 22.7. The number of carbonyl (C=O) groups is 2. The Labute approximate surface area is 183 Å². The van der Waals surface area contributed by atoms with Crippen LogP contribution in [-0.2, 0) is 9.53 Å². The van der Waals surface area contributed by atoms with Crippen molar-refractivity contribution in [3.8, 4) is 0 Å². The Hall–Kier alpha value is -3.00. The molecule has 1 aromatic heterocycles. The van der Waals surface area contributed by atoms with Crippen LogP contribution >= 0.6 is 0 Å². The van der Waals surface area contributed by atoms with Crippen LogP contribution in [0.15, 0.2) is 30.5 Å². The van der Waals surface area contributed by atoms with Gasteiger partial charge in [-0.05, 0) is 50.1 Å². The van der Waals surface area contributed by atoms with Crippen LogP contribution in [0.2, 0.25) is 0 Å². The number of fused-ring (bicyclic) bond motifs is 1. The Bertz CT molecular complexity index is 949. The number of rotatable bonds is 7. The van der Waals surface area contributed by atoms with E-state index in [4.69, 9.17) is 4.74 Å². The van der Waals surface area contributed by atoms with Gasteiger partial charge in [-0.2, -0.15) is 0 Å². The van der Waals surface area contributed by atoms with Gasteiger partial charge in [0, 0.05) is 62.3 Å². The van der Waals surface area contributed by atoms with E-state index in [9.17, 15) is 9.59 Å². The largest absolute Gasteiger partial charge is 0.385 e. The van der Waals surface area contributed by atoms with Crippen molar-refractivity contribution in [2.24, 2.45) is 5.92 Å². The molecule has 2 amide bonds. The van der Waals surface area contributed by atoms with Crippen LogP contribution < -0.4 is 15.5 Å². The number of ether oxygens (including phenoxy) is 1. The van der Waals surface area contributed by atoms with Crippen molar-refractivity contribution in [2.75, 3.05) is 30.5 Å². The lowest BCUT2D eigenvalue weighted by atomic mass is 9.82. The van der Waals surface area contributed by atoms with Crippen LogP contribution in [0.4, 0.5) is 11.6 Å². The third-order valence-electron chi connectivity index (χ3n) is 5.81. The maximum Gasteiger partial charge on any atom is 0.251 e. The van der Waals surface area contributed by atoms with Crippen molar-refractivity contribution >= 4 is 23.5 Å². The molecule has 1 aliphatic rings. The fraction of sp³-hybridized carbons (Fsp3) is 0.478. The Morgan fingerprint density at radius 3 is 2.68 bits per heavy atom. The van der Waals surface area contributed by atoms with E-state index in [2.05, 4.69) is 27.5 Å². The van der Waals surface area contributed by atoms with E-state index in [1.54, 1.807) is 31.2 Å². The smallest absolute Gasteiger partial charge is 0.251 e. The van der Waals surface area contributed by atoms with Crippen molar-refractivity contribution < 1.29 is 14.3 Å². The summed E-state index contributed by atoms with van der Waals surface area (Å²) in [6.45, 7) is 8.75. The Morgan fingerprint density at radius 1 is 1.23 bits per heavy atom. The van der Waals surface area contributed by atoms with E-state index in [-0.39, 0.29) is 29.8 Å². The molecule has 1 aromatic carbocycles. The van der Waals surface area contributed by atoms with Crippen LogP contribution in [0.5, 0.6) is 0 Å². The number of benzene rings is 1. The second kappa shape index (κ2) is 9.87. The molecular weight excluding hydrogens is 394 g/mol. The number of nitrogens with one attached hydrogen (secondary N) is 2. The highest BCUT2D eigenvalue weighted by Gasteiger charge is 2.38. The summed E-state index contributed by atoms with van der Waals surface area (Å²) < 4.78 is 5.03. The molecule has 166 valence electrons. The lowest BCUT2D eigenvalue weighted by molar-refractivity contribution is -0.117. The normalized spacial score (nSPS) is 20.2. The Kier molecular flexibility index (Phi) is 7.22. The number of anilines is 2. The van der Waals surface area contributed by atoms with Crippen molar-refractivity contribution in [3.05, 3.63) is 47.3 Å². The minimum atomic E-state index is -0.149. The third kappa shape index (κ3) is 5.02. The number of aromatic nitrogens is 2. The average molecular weight is 426 g/mol. The summed E-state index contributed by atoms with van der Waals surface area (Å²) in [5.41, 5.74) is 3.11. The molecule has 8 nitrogen and oxygen atoms in total. The second-order valence-corrected chi connectivity index (χ2v) is 8.01. The van der Waals surface area contributed by atoms with Crippen LogP contribution in [0.3, 0.4) is 0 Å². The van der Waals surface area contributed by atoms with E-state index in [0.29, 0.717) is 24.7 Å². The van der Waals surface area contributed by atoms with Gasteiger partial charge >= 0.3 is 0 Å². The Morgan fingerprint density at radius 2 is 2.00 bits per heavy atom. The van der Waals surface area contributed by atoms with E-state index in [1.165, 1.54) is 0 Å². The predicted octanol–water partition coefficient (Wildman–Crippen LogP) is 3.10. The molecule has 2 aromatic rings. The summed E-state index contributed by atoms with van der Waals surface area (Å²) in [5.74, 6) is 0.425. The minimum Gasteiger partial charge on any atom is -0.385 e. The summed E-state index contributed by atoms with van der Waals surface area (Å²) in [7, 11) is 1.64. The number of aryl methyl sites for hydroxylation is 1. The van der Waals surface area contributed by atoms with Gasteiger partial charge in [0.05, 0.1) is 6.04 Å². The fourth-order valence-electron chi connectivity index (χ4n) is 4.02. The van der Waals surface area contributed by atoms with E-state index < -0.39 is 0 Å². The van der Waals surface area contributed by atoms with Gasteiger partial charge in [0.2, 0.25) is 11.9 Å². The standard InChI is InChI=1S/C23H31N5O3/c1-14-9-11-25-23(26-14)27-21-15(2)16(3)28(17(4)29)20-8-7-18(13-19(20)21)22(30)24-10-6-12-31-5/h7-9,11,13,15-16,21H,6,10,12H2,1-5H3,(H,24,30)(H,25,26,27). The van der Waals surface area contributed by atoms with Crippen LogP contribution in [0.1, 0.15) is 54.8 Å². The molecule has 3 atom stereocenters. The molecule has 2 N–H and O–H groups in total. The first-order valence-electron chi connectivity index (χ1n) is 10.6. The van der Waals surface area contributed by atoms with E-state index in [0.717, 1.165) is 23.4 Å². The summed E-state index contributed by atoms with van der Waals surface area (Å²) in [5, 5.41) is 6.36. The van der Waals surface area contributed by atoms with Crippen molar-refractivity contribution in [1.82, 2.24) is 15.3 Å². The van der Waals surface area contributed by atoms with Crippen molar-refractivity contribution in [1.29, 1.82) is 0 Å². The highest BCUT2D eigenvalue weighted by Crippen LogP contribution is 2.42. The first-order chi connectivity index (χ1) is 14.8. The zero-order valence-electron chi connectivity index (χ0n) is 18.8. The lowest BCUT2D eigenvalue weighted by Gasteiger charge is -2.44. The van der Waals surface area contributed by atoms with Gasteiger partial charge in [-0.15, -0.1) is 0 Å². The molecule has 0 bridgehead atoms. The van der Waals surface area contributed by atoms with Crippen LogP contribution in [0, 0.1) is 12.8 Å². The van der Waals surface area contributed by atoms with Crippen molar-refractivity contribution in [2.45, 2.75) is 46.2 Å². The summed E-state index contributed by atoms with van der Waals surface area (Å²) >= 11 is 0. The Balaban J connectivity index is 1.96. The monoisotopic (exact) mass is 425 g/mol. The summed E-state index contributed by atoms with van der Waals surface area (Å²) in [6, 6.07) is 7.16. The number of amides is 2. The van der Waals surface area contributed by atoms with Gasteiger partial charge in [-0.3, -0.25) is 9.59 Å². The molecule has 1 aliphatic heterocycles. The first-order valence-corrected chi connectivity index (χ1v) is 10.6. The minimum absolute atomic E-state index is 0.0253. The topological polar surface area (TPSA) is 96.4 Å². The molecule has 8 heteroatoms. The quantitative estimate of drug-likeness (QED) is 0.662. The van der Waals surface area contributed by atoms with Gasteiger partial charge in [-0.25, -0.2) is 9.97 Å². The zero-order chi connectivity index (χ0) is 22.5. The average Bonchev–Trinajstić information content (AvgIpc) is 2.74. The van der Waals surface area contributed by atoms with Gasteiger partial charge in [0.15, 0.2) is 0 Å². The highest BCUT2D eigenvalue weighted by molar-refractivity contribution is 5.98. The maximum absolute atomic E-state index is 12.7. The van der Waals surface area contributed by atoms with Gasteiger partial charge in [-0.1, -0.05) is 6.92 Å². The maximum atomic E-state index is 12.7. The SMILES string of the molecule is COCCCNC(=O)c1ccc2c(c1)C(Nc1nccc(C)n1)C(C)C(C)N2C(C)=O. The predicted molar refractivity (Wildman–Crippen MR) is 120 cm³/mol. The molecule has 0 saturated heterocycles. The molecule has 31 heavy (non-hydrogen) atoms. The van der Waals surface area contributed by atoms with Gasteiger partial charge in [0.25, 0.3) is 5.91 Å². The van der Waals surface area contributed by atoms with E-state index in [1.807, 2.05) is 32.0 Å². The lowest BCUT2D eigenvalue weighted by Crippen LogP contribution is -2.48. The fourth-order valence-corrected chi connectivity index (χ4v) is 4.02. The molecule has 2 heterocycles. The summed E-state index contributed by atoms with van der Waals surface area (Å²) in [6.07, 6.45) is 2.46. The number of nitrogens with zero attached hydrogens (tertiary/aromatic N) is 3. The molecular formula is C23H31N5O3. The second-order valence-electron chi connectivity index (χ2n) is 8.01. The number of methoxy groups -OCH3 is 1. The highest BCUT2D eigenvalue weighted by atomic mass is 16.5.